The van der Waals surface area contributed by atoms with Gasteiger partial charge in [-0.25, -0.2) is 0 Å². The van der Waals surface area contributed by atoms with E-state index in [1.165, 1.54) is 4.90 Å². The smallest absolute Gasteiger partial charge is 0.425 e. The molecule has 2 aliphatic rings. The number of thioether (sulfide) groups is 1. The van der Waals surface area contributed by atoms with E-state index in [1.807, 2.05) is 18.4 Å². The van der Waals surface area contributed by atoms with Crippen LogP contribution in [0.15, 0.2) is 52.9 Å². The third-order valence-electron chi connectivity index (χ3n) is 8.23. The Morgan fingerprint density at radius 1 is 1.09 bits per heavy atom. The Bertz CT molecular complexity index is 1560. The fourth-order valence-corrected chi connectivity index (χ4v) is 7.31. The van der Waals surface area contributed by atoms with Crippen molar-refractivity contribution in [1.29, 1.82) is 0 Å². The molecule has 0 N–H and O–H groups in total. The van der Waals surface area contributed by atoms with Crippen molar-refractivity contribution in [1.82, 2.24) is 14.8 Å². The van der Waals surface area contributed by atoms with Crippen LogP contribution in [0.5, 0.6) is 5.75 Å². The molecule has 2 atom stereocenters. The normalized spacial score (nSPS) is 20.6. The number of likely N-dealkylation sites (tertiary alicyclic amines) is 1. The highest BCUT2D eigenvalue weighted by atomic mass is 32.2. The predicted molar refractivity (Wildman–Crippen MR) is 158 cm³/mol. The number of alkyl halides is 6. The zero-order valence-electron chi connectivity index (χ0n) is 24.5. The largest absolute Gasteiger partial charge is 0.474 e. The number of carbonyl (C=O) groups excluding carboxylic acids is 2. The molecule has 5 rings (SSSR count). The first kappa shape index (κ1) is 33.1. The van der Waals surface area contributed by atoms with E-state index in [0.29, 0.717) is 30.7 Å². The molecule has 4 heterocycles. The maximum Gasteiger partial charge on any atom is 0.425 e. The summed E-state index contributed by atoms with van der Waals surface area (Å²) in [6, 6.07) is 7.53. The van der Waals surface area contributed by atoms with Crippen molar-refractivity contribution >= 4 is 34.9 Å². The molecule has 0 bridgehead atoms. The van der Waals surface area contributed by atoms with Gasteiger partial charge in [-0.3, -0.25) is 14.6 Å². The molecule has 6 nitrogen and oxygen atoms in total. The van der Waals surface area contributed by atoms with Crippen molar-refractivity contribution in [2.75, 3.05) is 19.3 Å². The predicted octanol–water partition coefficient (Wildman–Crippen LogP) is 7.71. The molecule has 0 unspecified atom stereocenters. The third-order valence-corrected chi connectivity index (χ3v) is 9.91. The summed E-state index contributed by atoms with van der Waals surface area (Å²) in [5, 5.41) is 1.16. The zero-order chi connectivity index (χ0) is 32.6. The number of hydrogen-bond donors (Lipinski definition) is 0. The number of rotatable bonds is 7. The summed E-state index contributed by atoms with van der Waals surface area (Å²) in [6.07, 6.45) is -5.12. The second-order valence-corrected chi connectivity index (χ2v) is 12.8. The van der Waals surface area contributed by atoms with E-state index < -0.39 is 51.9 Å². The lowest BCUT2D eigenvalue weighted by molar-refractivity contribution is -0.160. The van der Waals surface area contributed by atoms with Crippen LogP contribution >= 0.6 is 23.1 Å². The quantitative estimate of drug-likeness (QED) is 0.190. The van der Waals surface area contributed by atoms with E-state index in [9.17, 15) is 35.9 Å². The van der Waals surface area contributed by atoms with E-state index in [1.54, 1.807) is 23.6 Å². The first-order valence-electron chi connectivity index (χ1n) is 14.4. The van der Waals surface area contributed by atoms with E-state index in [4.69, 9.17) is 4.74 Å². The zero-order valence-corrected chi connectivity index (χ0v) is 26.1. The number of thiophene rings is 1. The lowest BCUT2D eigenvalue weighted by Crippen LogP contribution is -2.68. The van der Waals surface area contributed by atoms with Crippen LogP contribution in [0.2, 0.25) is 0 Å². The SMILES string of the molecule is CCC[C@H]1N(C(=O)c2ncccc2C(F)(F)F)CCC[C@@]1(Oc1csc(C(F)(F)F)c1)C(=O)N1CCc2cc(SC)ccc2C1. The molecule has 14 heteroatoms. The van der Waals surface area contributed by atoms with Gasteiger partial charge >= 0.3 is 12.4 Å². The van der Waals surface area contributed by atoms with E-state index in [-0.39, 0.29) is 38.1 Å². The summed E-state index contributed by atoms with van der Waals surface area (Å²) in [6.45, 7) is 2.34. The van der Waals surface area contributed by atoms with Gasteiger partial charge in [0.25, 0.3) is 11.8 Å². The molecule has 3 aromatic rings. The molecule has 0 radical (unpaired) electrons. The Labute approximate surface area is 264 Å². The van der Waals surface area contributed by atoms with Gasteiger partial charge in [0.2, 0.25) is 5.60 Å². The number of pyridine rings is 1. The molecular formula is C31H31F6N3O3S2. The highest BCUT2D eigenvalue weighted by Crippen LogP contribution is 2.43. The number of carbonyl (C=O) groups is 2. The van der Waals surface area contributed by atoms with Crippen LogP contribution in [0.3, 0.4) is 0 Å². The van der Waals surface area contributed by atoms with Crippen molar-refractivity contribution in [3.63, 3.8) is 0 Å². The number of hydrogen-bond acceptors (Lipinski definition) is 6. The standard InChI is InChI=1S/C31H31F6N3O3S2/c1-3-6-24-29(43-21-16-25(45-18-21)31(35,36)37,28(42)39-14-10-19-15-22(44-2)9-8-20(19)17-39)11-5-13-40(24)27(41)26-23(30(32,33)34)7-4-12-38-26/h4,7-9,12,15-16,18,24H,3,5-6,10-11,13-14,17H2,1-2H3/t24-,29+/m1/s1. The van der Waals surface area contributed by atoms with Gasteiger partial charge < -0.3 is 14.5 Å². The summed E-state index contributed by atoms with van der Waals surface area (Å²) >= 11 is 2.01. The summed E-state index contributed by atoms with van der Waals surface area (Å²) in [4.78, 5) is 35.3. The molecule has 2 amide bonds. The van der Waals surface area contributed by atoms with Crippen LogP contribution < -0.4 is 4.74 Å². The highest BCUT2D eigenvalue weighted by Gasteiger charge is 2.56. The van der Waals surface area contributed by atoms with Crippen LogP contribution in [0.1, 0.15) is 64.7 Å². The fourth-order valence-electron chi connectivity index (χ4n) is 6.17. The van der Waals surface area contributed by atoms with Gasteiger partial charge in [0.15, 0.2) is 0 Å². The minimum absolute atomic E-state index is 0.0213. The molecule has 0 saturated carbocycles. The van der Waals surface area contributed by atoms with Gasteiger partial charge in [-0.05, 0) is 60.9 Å². The van der Waals surface area contributed by atoms with Crippen LogP contribution in [0.25, 0.3) is 0 Å². The van der Waals surface area contributed by atoms with Crippen molar-refractivity contribution in [2.45, 2.75) is 74.5 Å². The maximum atomic E-state index is 14.7. The minimum Gasteiger partial charge on any atom is -0.474 e. The molecule has 0 aliphatic carbocycles. The number of nitrogens with zero attached hydrogens (tertiary/aromatic N) is 3. The Morgan fingerprint density at radius 3 is 2.53 bits per heavy atom. The Balaban J connectivity index is 1.58. The van der Waals surface area contributed by atoms with Gasteiger partial charge in [-0.1, -0.05) is 19.4 Å². The maximum absolute atomic E-state index is 14.7. The number of ether oxygens (including phenoxy) is 1. The van der Waals surface area contributed by atoms with Crippen molar-refractivity contribution in [2.24, 2.45) is 0 Å². The van der Waals surface area contributed by atoms with E-state index in [0.717, 1.165) is 45.8 Å². The molecule has 0 spiro atoms. The van der Waals surface area contributed by atoms with Gasteiger partial charge in [0.1, 0.15) is 16.3 Å². The summed E-state index contributed by atoms with van der Waals surface area (Å²) in [5.41, 5.74) is -1.87. The number of piperidine rings is 1. The second kappa shape index (κ2) is 12.9. The van der Waals surface area contributed by atoms with Crippen LogP contribution in [-0.2, 0) is 30.1 Å². The minimum atomic E-state index is -4.86. The topological polar surface area (TPSA) is 62.7 Å². The average molecular weight is 672 g/mol. The molecule has 2 aromatic heterocycles. The Hall–Kier alpha value is -3.26. The number of benzene rings is 1. The first-order valence-corrected chi connectivity index (χ1v) is 16.5. The molecule has 1 aromatic carbocycles. The fraction of sp³-hybridized carbons (Fsp3) is 0.452. The highest BCUT2D eigenvalue weighted by molar-refractivity contribution is 7.98. The molecular weight excluding hydrogens is 640 g/mol. The van der Waals surface area contributed by atoms with E-state index >= 15 is 0 Å². The van der Waals surface area contributed by atoms with Crippen LogP contribution in [0.4, 0.5) is 26.3 Å². The number of fused-ring (bicyclic) bond motifs is 1. The average Bonchev–Trinajstić information content (AvgIpc) is 3.49. The van der Waals surface area contributed by atoms with Crippen molar-refractivity contribution in [3.8, 4) is 5.75 Å². The number of amides is 2. The van der Waals surface area contributed by atoms with Crippen molar-refractivity contribution in [3.05, 3.63) is 75.2 Å². The molecule has 1 saturated heterocycles. The van der Waals surface area contributed by atoms with Gasteiger partial charge in [-0.2, -0.15) is 26.3 Å². The number of halogens is 6. The van der Waals surface area contributed by atoms with Crippen LogP contribution in [-0.4, -0.2) is 57.6 Å². The van der Waals surface area contributed by atoms with Gasteiger partial charge in [-0.15, -0.1) is 23.1 Å². The van der Waals surface area contributed by atoms with Crippen LogP contribution in [0, 0.1) is 0 Å². The molecule has 1 fully saturated rings. The summed E-state index contributed by atoms with van der Waals surface area (Å²) in [5.74, 6) is -1.72. The summed E-state index contributed by atoms with van der Waals surface area (Å²) < 4.78 is 88.6. The van der Waals surface area contributed by atoms with Gasteiger partial charge in [0, 0.05) is 48.6 Å². The number of aromatic nitrogens is 1. The van der Waals surface area contributed by atoms with Gasteiger partial charge in [0.05, 0.1) is 11.6 Å². The third kappa shape index (κ3) is 6.67. The lowest BCUT2D eigenvalue weighted by Gasteiger charge is -2.50. The first-order chi connectivity index (χ1) is 21.3. The second-order valence-electron chi connectivity index (χ2n) is 11.1. The molecule has 242 valence electrons. The molecule has 45 heavy (non-hydrogen) atoms. The monoisotopic (exact) mass is 671 g/mol. The summed E-state index contributed by atoms with van der Waals surface area (Å²) in [7, 11) is 0. The lowest BCUT2D eigenvalue weighted by atomic mass is 9.79. The van der Waals surface area contributed by atoms with Crippen molar-refractivity contribution < 1.29 is 40.7 Å². The Morgan fingerprint density at radius 2 is 1.87 bits per heavy atom. The Kier molecular flexibility index (Phi) is 9.46. The van der Waals surface area contributed by atoms with E-state index in [2.05, 4.69) is 11.1 Å². The molecule has 2 aliphatic heterocycles.